The summed E-state index contributed by atoms with van der Waals surface area (Å²) < 4.78 is 35.9. The summed E-state index contributed by atoms with van der Waals surface area (Å²) in [6, 6.07) is 5.13. The fourth-order valence-corrected chi connectivity index (χ4v) is 1.35. The Morgan fingerprint density at radius 1 is 1.44 bits per heavy atom. The van der Waals surface area contributed by atoms with E-state index in [1.165, 1.54) is 0 Å². The molecule has 0 radical (unpaired) electrons. The molecule has 100 valence electrons. The standard InChI is InChI=1S/C12H15F3N2O/c1-3-8(2)10-6-4-5-9(17-10)7-16-11(18)12(13,14)15/h4-6,8H,3,7H2,1-2H3,(H,16,18). The summed E-state index contributed by atoms with van der Waals surface area (Å²) in [5.41, 5.74) is 1.24. The Balaban J connectivity index is 2.66. The van der Waals surface area contributed by atoms with Crippen LogP contribution in [0.1, 0.15) is 37.6 Å². The molecule has 1 atom stereocenters. The third-order valence-electron chi connectivity index (χ3n) is 2.63. The first-order valence-electron chi connectivity index (χ1n) is 5.65. The predicted octanol–water partition coefficient (Wildman–Crippen LogP) is 2.77. The first kappa shape index (κ1) is 14.5. The highest BCUT2D eigenvalue weighted by molar-refractivity contribution is 5.81. The van der Waals surface area contributed by atoms with Crippen LogP contribution in [0, 0.1) is 0 Å². The second-order valence-electron chi connectivity index (χ2n) is 4.04. The van der Waals surface area contributed by atoms with Crippen LogP contribution in [-0.4, -0.2) is 17.1 Å². The van der Waals surface area contributed by atoms with Crippen LogP contribution in [0.3, 0.4) is 0 Å². The van der Waals surface area contributed by atoms with Crippen LogP contribution in [0.4, 0.5) is 13.2 Å². The van der Waals surface area contributed by atoms with Gasteiger partial charge in [0.25, 0.3) is 0 Å². The van der Waals surface area contributed by atoms with Crippen molar-refractivity contribution < 1.29 is 18.0 Å². The van der Waals surface area contributed by atoms with Crippen LogP contribution in [-0.2, 0) is 11.3 Å². The van der Waals surface area contributed by atoms with Crippen molar-refractivity contribution in [1.29, 1.82) is 0 Å². The molecular weight excluding hydrogens is 245 g/mol. The highest BCUT2D eigenvalue weighted by atomic mass is 19.4. The maximum Gasteiger partial charge on any atom is 0.471 e. The number of rotatable bonds is 4. The lowest BCUT2D eigenvalue weighted by molar-refractivity contribution is -0.173. The van der Waals surface area contributed by atoms with Crippen LogP contribution in [0.25, 0.3) is 0 Å². The van der Waals surface area contributed by atoms with E-state index in [1.54, 1.807) is 17.4 Å². The van der Waals surface area contributed by atoms with Crippen LogP contribution in [0.15, 0.2) is 18.2 Å². The van der Waals surface area contributed by atoms with Crippen molar-refractivity contribution >= 4 is 5.91 Å². The third kappa shape index (κ3) is 4.01. The molecule has 1 unspecified atom stereocenters. The van der Waals surface area contributed by atoms with Crippen LogP contribution >= 0.6 is 0 Å². The Bertz CT molecular complexity index is 418. The lowest BCUT2D eigenvalue weighted by atomic mass is 10.0. The van der Waals surface area contributed by atoms with Crippen molar-refractivity contribution in [2.24, 2.45) is 0 Å². The molecule has 1 aromatic rings. The lowest BCUT2D eigenvalue weighted by Crippen LogP contribution is -2.36. The molecule has 0 bridgehead atoms. The second-order valence-corrected chi connectivity index (χ2v) is 4.04. The number of alkyl halides is 3. The summed E-state index contributed by atoms with van der Waals surface area (Å²) in [6.07, 6.45) is -3.96. The predicted molar refractivity (Wildman–Crippen MR) is 60.8 cm³/mol. The monoisotopic (exact) mass is 260 g/mol. The average Bonchev–Trinajstić information content (AvgIpc) is 2.34. The van der Waals surface area contributed by atoms with E-state index in [0.717, 1.165) is 12.1 Å². The van der Waals surface area contributed by atoms with E-state index in [9.17, 15) is 18.0 Å². The highest BCUT2D eigenvalue weighted by Crippen LogP contribution is 2.17. The largest absolute Gasteiger partial charge is 0.471 e. The summed E-state index contributed by atoms with van der Waals surface area (Å²) >= 11 is 0. The molecule has 1 N–H and O–H groups in total. The van der Waals surface area contributed by atoms with Crippen molar-refractivity contribution in [1.82, 2.24) is 10.3 Å². The van der Waals surface area contributed by atoms with Crippen molar-refractivity contribution in [2.45, 2.75) is 38.9 Å². The molecule has 0 aliphatic carbocycles. The van der Waals surface area contributed by atoms with Gasteiger partial charge in [0, 0.05) is 5.69 Å². The van der Waals surface area contributed by atoms with Gasteiger partial charge < -0.3 is 5.32 Å². The Kier molecular flexibility index (Phi) is 4.69. The normalized spacial score (nSPS) is 13.2. The molecule has 3 nitrogen and oxygen atoms in total. The molecule has 1 rings (SSSR count). The number of halogens is 3. The van der Waals surface area contributed by atoms with Crippen molar-refractivity contribution in [3.05, 3.63) is 29.6 Å². The smallest absolute Gasteiger partial charge is 0.343 e. The first-order chi connectivity index (χ1) is 8.34. The molecular formula is C12H15F3N2O. The van der Waals surface area contributed by atoms with Crippen LogP contribution in [0.2, 0.25) is 0 Å². The quantitative estimate of drug-likeness (QED) is 0.904. The number of carbonyl (C=O) groups excluding carboxylic acids is 1. The van der Waals surface area contributed by atoms with Gasteiger partial charge in [-0.05, 0) is 24.5 Å². The van der Waals surface area contributed by atoms with Crippen LogP contribution < -0.4 is 5.32 Å². The molecule has 1 heterocycles. The number of nitrogens with one attached hydrogen (secondary N) is 1. The zero-order chi connectivity index (χ0) is 13.8. The van der Waals surface area contributed by atoms with E-state index in [0.29, 0.717) is 5.69 Å². The van der Waals surface area contributed by atoms with E-state index in [2.05, 4.69) is 4.98 Å². The molecule has 0 saturated carbocycles. The van der Waals surface area contributed by atoms with Gasteiger partial charge in [0.2, 0.25) is 0 Å². The third-order valence-corrected chi connectivity index (χ3v) is 2.63. The van der Waals surface area contributed by atoms with Gasteiger partial charge in [0.1, 0.15) is 0 Å². The van der Waals surface area contributed by atoms with Gasteiger partial charge in [0.15, 0.2) is 0 Å². The SMILES string of the molecule is CCC(C)c1cccc(CNC(=O)C(F)(F)F)n1. The van der Waals surface area contributed by atoms with E-state index < -0.39 is 12.1 Å². The summed E-state index contributed by atoms with van der Waals surface area (Å²) in [5, 5.41) is 1.80. The number of hydrogen-bond donors (Lipinski definition) is 1. The minimum Gasteiger partial charge on any atom is -0.343 e. The van der Waals surface area contributed by atoms with Gasteiger partial charge in [-0.25, -0.2) is 0 Å². The topological polar surface area (TPSA) is 42.0 Å². The van der Waals surface area contributed by atoms with E-state index in [4.69, 9.17) is 0 Å². The van der Waals surface area contributed by atoms with E-state index in [-0.39, 0.29) is 12.5 Å². The van der Waals surface area contributed by atoms with E-state index in [1.807, 2.05) is 19.9 Å². The van der Waals surface area contributed by atoms with Crippen molar-refractivity contribution in [3.8, 4) is 0 Å². The number of aromatic nitrogens is 1. The fraction of sp³-hybridized carbons (Fsp3) is 0.500. The molecule has 0 aliphatic heterocycles. The second kappa shape index (κ2) is 5.84. The van der Waals surface area contributed by atoms with Crippen molar-refractivity contribution in [2.75, 3.05) is 0 Å². The molecule has 0 spiro atoms. The van der Waals surface area contributed by atoms with Gasteiger partial charge in [-0.15, -0.1) is 0 Å². The van der Waals surface area contributed by atoms with Gasteiger partial charge in [0.05, 0.1) is 12.2 Å². The Hall–Kier alpha value is -1.59. The zero-order valence-corrected chi connectivity index (χ0v) is 10.2. The zero-order valence-electron chi connectivity index (χ0n) is 10.2. The lowest BCUT2D eigenvalue weighted by Gasteiger charge is -2.11. The Labute approximate surface area is 103 Å². The molecule has 0 fully saturated rings. The minimum atomic E-state index is -4.85. The number of amides is 1. The summed E-state index contributed by atoms with van der Waals surface area (Å²) in [5.74, 6) is -1.71. The summed E-state index contributed by atoms with van der Waals surface area (Å²) in [6.45, 7) is 3.77. The molecule has 18 heavy (non-hydrogen) atoms. The van der Waals surface area contributed by atoms with Crippen molar-refractivity contribution in [3.63, 3.8) is 0 Å². The van der Waals surface area contributed by atoms with Gasteiger partial charge in [-0.1, -0.05) is 19.9 Å². The Morgan fingerprint density at radius 2 is 2.11 bits per heavy atom. The number of nitrogens with zero attached hydrogens (tertiary/aromatic N) is 1. The van der Waals surface area contributed by atoms with Crippen LogP contribution in [0.5, 0.6) is 0 Å². The maximum absolute atomic E-state index is 12.0. The van der Waals surface area contributed by atoms with Gasteiger partial charge in [-0.3, -0.25) is 9.78 Å². The molecule has 1 amide bonds. The molecule has 0 aromatic carbocycles. The molecule has 0 aliphatic rings. The Morgan fingerprint density at radius 3 is 2.67 bits per heavy atom. The summed E-state index contributed by atoms with van der Waals surface area (Å²) in [7, 11) is 0. The molecule has 1 aromatic heterocycles. The summed E-state index contributed by atoms with van der Waals surface area (Å²) in [4.78, 5) is 14.9. The van der Waals surface area contributed by atoms with Gasteiger partial charge >= 0.3 is 12.1 Å². The number of pyridine rings is 1. The number of carbonyl (C=O) groups is 1. The van der Waals surface area contributed by atoms with E-state index >= 15 is 0 Å². The minimum absolute atomic E-state index is 0.220. The highest BCUT2D eigenvalue weighted by Gasteiger charge is 2.38. The molecule has 6 heteroatoms. The molecule has 0 saturated heterocycles. The average molecular weight is 260 g/mol. The first-order valence-corrected chi connectivity index (χ1v) is 5.65. The fourth-order valence-electron chi connectivity index (χ4n) is 1.35. The maximum atomic E-state index is 12.0. The number of hydrogen-bond acceptors (Lipinski definition) is 2. The van der Waals surface area contributed by atoms with Gasteiger partial charge in [-0.2, -0.15) is 13.2 Å².